The summed E-state index contributed by atoms with van der Waals surface area (Å²) in [6.07, 6.45) is 4.88. The molecule has 6 rings (SSSR count). The van der Waals surface area contributed by atoms with Crippen LogP contribution in [0.15, 0.2) is 108 Å². The molecule has 0 spiro atoms. The number of nitrogen functional groups attached to an aromatic ring is 1. The molecule has 47 heavy (non-hydrogen) atoms. The number of hydrogen-bond acceptors (Lipinski definition) is 8. The van der Waals surface area contributed by atoms with Crippen LogP contribution in [0.4, 0.5) is 5.82 Å². The van der Waals surface area contributed by atoms with Crippen molar-refractivity contribution in [2.24, 2.45) is 0 Å². The van der Waals surface area contributed by atoms with Crippen molar-refractivity contribution in [3.05, 3.63) is 137 Å². The van der Waals surface area contributed by atoms with E-state index in [2.05, 4.69) is 32.1 Å². The highest BCUT2D eigenvalue weighted by Gasteiger charge is 2.23. The second-order valence-corrected chi connectivity index (χ2v) is 11.0. The van der Waals surface area contributed by atoms with Crippen molar-refractivity contribution in [2.45, 2.75) is 32.9 Å². The molecule has 10 nitrogen and oxygen atoms in total. The van der Waals surface area contributed by atoms with E-state index in [0.29, 0.717) is 33.7 Å². The predicted octanol–water partition coefficient (Wildman–Crippen LogP) is 5.50. The fourth-order valence-corrected chi connectivity index (χ4v) is 5.05. The number of rotatable bonds is 7. The van der Waals surface area contributed by atoms with Crippen LogP contribution in [0.1, 0.15) is 54.3 Å². The number of anilines is 1. The fraction of sp³-hybridized carbons (Fsp3) is 0.135. The highest BCUT2D eigenvalue weighted by molar-refractivity contribution is 5.97. The number of para-hydroxylation sites is 1. The van der Waals surface area contributed by atoms with Gasteiger partial charge in [-0.1, -0.05) is 36.1 Å². The van der Waals surface area contributed by atoms with Gasteiger partial charge < -0.3 is 15.8 Å². The summed E-state index contributed by atoms with van der Waals surface area (Å²) in [6, 6.07) is 24.7. The molecule has 6 aromatic rings. The van der Waals surface area contributed by atoms with Crippen molar-refractivity contribution in [1.29, 1.82) is 0 Å². The summed E-state index contributed by atoms with van der Waals surface area (Å²) in [5.41, 5.74) is 9.33. The number of hydrogen-bond donors (Lipinski definition) is 2. The average Bonchev–Trinajstić information content (AvgIpc) is 3.08. The van der Waals surface area contributed by atoms with E-state index in [-0.39, 0.29) is 23.2 Å². The molecule has 232 valence electrons. The van der Waals surface area contributed by atoms with Gasteiger partial charge in [0.2, 0.25) is 0 Å². The molecule has 0 saturated heterocycles. The first-order valence-electron chi connectivity index (χ1n) is 15.0. The first-order valence-corrected chi connectivity index (χ1v) is 15.0. The maximum atomic E-state index is 14.3. The smallest absolute Gasteiger partial charge is 0.274 e. The molecule has 0 aliphatic heterocycles. The molecule has 0 saturated carbocycles. The highest BCUT2D eigenvalue weighted by atomic mass is 16.5. The highest BCUT2D eigenvalue weighted by Crippen LogP contribution is 2.24. The Hall–Kier alpha value is -6.34. The Morgan fingerprint density at radius 2 is 1.64 bits per heavy atom. The van der Waals surface area contributed by atoms with Gasteiger partial charge in [0.05, 0.1) is 40.6 Å². The maximum Gasteiger partial charge on any atom is 0.274 e. The second-order valence-electron chi connectivity index (χ2n) is 11.0. The minimum atomic E-state index is -0.733. The normalized spacial score (nSPS) is 11.5. The van der Waals surface area contributed by atoms with E-state index in [0.717, 1.165) is 16.9 Å². The number of aromatic nitrogens is 5. The van der Waals surface area contributed by atoms with Gasteiger partial charge in [-0.3, -0.25) is 19.1 Å². The van der Waals surface area contributed by atoms with Crippen LogP contribution in [0.25, 0.3) is 27.8 Å². The second kappa shape index (κ2) is 13.3. The van der Waals surface area contributed by atoms with Gasteiger partial charge in [0.25, 0.3) is 11.5 Å². The van der Waals surface area contributed by atoms with Gasteiger partial charge in [0.15, 0.2) is 11.5 Å². The van der Waals surface area contributed by atoms with E-state index in [1.807, 2.05) is 68.4 Å². The van der Waals surface area contributed by atoms with E-state index in [1.165, 1.54) is 10.8 Å². The summed E-state index contributed by atoms with van der Waals surface area (Å²) in [5, 5.41) is 3.30. The molecule has 0 unspecified atom stereocenters. The Balaban J connectivity index is 1.37. The minimum absolute atomic E-state index is 0.0254. The number of fused-ring (bicyclic) bond motifs is 1. The number of ether oxygens (including phenoxy) is 1. The van der Waals surface area contributed by atoms with E-state index in [4.69, 9.17) is 15.5 Å². The molecule has 3 heterocycles. The van der Waals surface area contributed by atoms with E-state index in [9.17, 15) is 9.59 Å². The Morgan fingerprint density at radius 1 is 0.894 bits per heavy atom. The largest absolute Gasteiger partial charge is 0.491 e. The number of benzene rings is 3. The van der Waals surface area contributed by atoms with Crippen LogP contribution in [0.5, 0.6) is 5.75 Å². The molecule has 3 aromatic heterocycles. The summed E-state index contributed by atoms with van der Waals surface area (Å²) >= 11 is 0. The summed E-state index contributed by atoms with van der Waals surface area (Å²) in [7, 11) is 0. The van der Waals surface area contributed by atoms with Crippen LogP contribution in [0.3, 0.4) is 0 Å². The summed E-state index contributed by atoms with van der Waals surface area (Å²) in [5.74, 6) is 6.68. The number of nitrogens with two attached hydrogens (primary N) is 1. The molecule has 1 atom stereocenters. The van der Waals surface area contributed by atoms with Gasteiger partial charge in [-0.2, -0.15) is 0 Å². The van der Waals surface area contributed by atoms with Crippen LogP contribution in [0.2, 0.25) is 0 Å². The Morgan fingerprint density at radius 3 is 2.36 bits per heavy atom. The van der Waals surface area contributed by atoms with Gasteiger partial charge in [-0.05, 0) is 81.4 Å². The van der Waals surface area contributed by atoms with Crippen molar-refractivity contribution in [2.75, 3.05) is 5.73 Å². The van der Waals surface area contributed by atoms with Crippen molar-refractivity contribution in [1.82, 2.24) is 29.8 Å². The van der Waals surface area contributed by atoms with E-state index < -0.39 is 11.9 Å². The standard InChI is InChI=1S/C37H31N7O3/c1-23(2)47-29-16-14-26(15-17-29)31-22-40-34(38)33(42-31)36(45)41-24(3)35-43-30-11-7-8-27(13-12-25-18-20-39-21-19-25)32(30)37(46)44(35)28-9-5-4-6-10-28/h4-11,14-24H,1-3H3,(H2,38,40)(H,41,45)/t24-/m0/s1. The molecular formula is C37H31N7O3. The molecule has 3 N–H and O–H groups in total. The zero-order valence-corrected chi connectivity index (χ0v) is 26.0. The van der Waals surface area contributed by atoms with Gasteiger partial charge >= 0.3 is 0 Å². The quantitative estimate of drug-likeness (QED) is 0.223. The molecule has 0 fully saturated rings. The monoisotopic (exact) mass is 621 g/mol. The number of amides is 1. The molecule has 0 radical (unpaired) electrons. The zero-order chi connectivity index (χ0) is 32.9. The first kappa shape index (κ1) is 30.7. The van der Waals surface area contributed by atoms with Crippen molar-refractivity contribution >= 4 is 22.6 Å². The molecular weight excluding hydrogens is 590 g/mol. The molecule has 0 aliphatic carbocycles. The summed E-state index contributed by atoms with van der Waals surface area (Å²) in [4.78, 5) is 45.6. The summed E-state index contributed by atoms with van der Waals surface area (Å²) < 4.78 is 7.22. The average molecular weight is 622 g/mol. The lowest BCUT2D eigenvalue weighted by atomic mass is 10.1. The van der Waals surface area contributed by atoms with Crippen molar-refractivity contribution in [3.8, 4) is 34.5 Å². The van der Waals surface area contributed by atoms with Gasteiger partial charge in [-0.25, -0.2) is 15.0 Å². The van der Waals surface area contributed by atoms with Crippen LogP contribution < -0.4 is 21.3 Å². The maximum absolute atomic E-state index is 14.3. The predicted molar refractivity (Wildman–Crippen MR) is 181 cm³/mol. The van der Waals surface area contributed by atoms with E-state index in [1.54, 1.807) is 49.6 Å². The lowest BCUT2D eigenvalue weighted by Gasteiger charge is -2.20. The molecule has 3 aromatic carbocycles. The number of pyridine rings is 1. The summed E-state index contributed by atoms with van der Waals surface area (Å²) in [6.45, 7) is 5.66. The van der Waals surface area contributed by atoms with Crippen molar-refractivity contribution < 1.29 is 9.53 Å². The number of nitrogens with zero attached hydrogens (tertiary/aromatic N) is 5. The third kappa shape index (κ3) is 6.70. The fourth-order valence-electron chi connectivity index (χ4n) is 5.05. The Kier molecular flexibility index (Phi) is 8.71. The van der Waals surface area contributed by atoms with Crippen LogP contribution >= 0.6 is 0 Å². The van der Waals surface area contributed by atoms with Gasteiger partial charge in [-0.15, -0.1) is 0 Å². The number of carbonyl (C=O) groups excluding carboxylic acids is 1. The van der Waals surface area contributed by atoms with Gasteiger partial charge in [0.1, 0.15) is 11.6 Å². The Labute approximate surface area is 271 Å². The molecule has 0 aliphatic rings. The third-order valence-electron chi connectivity index (χ3n) is 7.23. The van der Waals surface area contributed by atoms with Crippen LogP contribution in [0, 0.1) is 11.8 Å². The van der Waals surface area contributed by atoms with Crippen LogP contribution in [-0.2, 0) is 0 Å². The number of carbonyl (C=O) groups is 1. The zero-order valence-electron chi connectivity index (χ0n) is 26.0. The lowest BCUT2D eigenvalue weighted by molar-refractivity contribution is 0.0933. The first-order chi connectivity index (χ1) is 22.8. The topological polar surface area (TPSA) is 138 Å². The molecule has 10 heteroatoms. The third-order valence-corrected chi connectivity index (χ3v) is 7.23. The minimum Gasteiger partial charge on any atom is -0.491 e. The Bertz CT molecular complexity index is 2190. The number of nitrogens with one attached hydrogen (secondary N) is 1. The van der Waals surface area contributed by atoms with E-state index >= 15 is 0 Å². The van der Waals surface area contributed by atoms with Gasteiger partial charge in [0, 0.05) is 29.1 Å². The molecule has 0 bridgehead atoms. The van der Waals surface area contributed by atoms with Crippen molar-refractivity contribution in [3.63, 3.8) is 0 Å². The SMILES string of the molecule is CC(C)Oc1ccc(-c2cnc(N)c(C(=O)N[C@@H](C)c3nc4cccc(C#Cc5ccncc5)c4c(=O)n3-c3ccccc3)n2)cc1. The lowest BCUT2D eigenvalue weighted by Crippen LogP contribution is -2.34. The van der Waals surface area contributed by atoms with Crippen LogP contribution in [-0.4, -0.2) is 36.5 Å². The molecule has 1 amide bonds.